The largest absolute Gasteiger partial charge is 0.461 e. The Labute approximate surface area is 252 Å². The SMILES string of the molecule is CCOC(=O)C1=NN(c2cccc(Cl)c2)[C@@]2(S1)c1ccccc1C(c1cccc3ccccc13)=NN2c1ccccc1. The average Bonchev–Trinajstić information content (AvgIpc) is 3.43. The molecule has 1 spiro atoms. The summed E-state index contributed by atoms with van der Waals surface area (Å²) in [5.41, 5.74) is 5.27. The van der Waals surface area contributed by atoms with Crippen molar-refractivity contribution in [1.29, 1.82) is 0 Å². The average molecular weight is 589 g/mol. The molecule has 0 amide bonds. The van der Waals surface area contributed by atoms with E-state index in [0.717, 1.165) is 38.9 Å². The summed E-state index contributed by atoms with van der Waals surface area (Å²) >= 11 is 7.81. The Hall–Kier alpha value is -4.59. The van der Waals surface area contributed by atoms with Gasteiger partial charge in [0.05, 0.1) is 23.7 Å². The number of nitrogens with zero attached hydrogens (tertiary/aromatic N) is 4. The van der Waals surface area contributed by atoms with Crippen molar-refractivity contribution in [3.63, 3.8) is 0 Å². The Balaban J connectivity index is 1.54. The standard InChI is InChI=1S/C34H25ClN4O2S/c1-2-41-33(40)32-37-39(26-17-11-14-24(35)22-26)34(42-32)30-21-9-8-19-29(30)31(36-38(34)25-15-4-3-5-16-25)28-20-10-13-23-12-6-7-18-27(23)28/h3-22H,2H2,1H3/t34-/m1/s1. The lowest BCUT2D eigenvalue weighted by Crippen LogP contribution is -2.54. The third-order valence-corrected chi connectivity index (χ3v) is 8.81. The van der Waals surface area contributed by atoms with Crippen LogP contribution in [0.5, 0.6) is 0 Å². The number of hydrogen-bond acceptors (Lipinski definition) is 7. The fourth-order valence-corrected chi connectivity index (χ4v) is 6.99. The number of carbonyl (C=O) groups is 1. The molecule has 0 aromatic heterocycles. The first-order chi connectivity index (χ1) is 20.6. The third kappa shape index (κ3) is 4.24. The lowest BCUT2D eigenvalue weighted by atomic mass is 9.91. The van der Waals surface area contributed by atoms with Gasteiger partial charge in [0.2, 0.25) is 10.0 Å². The van der Waals surface area contributed by atoms with Gasteiger partial charge in [-0.15, -0.1) is 0 Å². The number of hydrogen-bond donors (Lipinski definition) is 0. The summed E-state index contributed by atoms with van der Waals surface area (Å²) in [6.45, 7) is 2.03. The fourth-order valence-electron chi connectivity index (χ4n) is 5.52. The van der Waals surface area contributed by atoms with Crippen LogP contribution in [-0.4, -0.2) is 23.3 Å². The predicted octanol–water partition coefficient (Wildman–Crippen LogP) is 8.01. The number of esters is 1. The van der Waals surface area contributed by atoms with Gasteiger partial charge >= 0.3 is 5.97 Å². The van der Waals surface area contributed by atoms with Crippen LogP contribution in [0, 0.1) is 0 Å². The second kappa shape index (κ2) is 10.7. The smallest absolute Gasteiger partial charge is 0.365 e. The number of rotatable bonds is 5. The highest BCUT2D eigenvalue weighted by atomic mass is 35.5. The second-order valence-electron chi connectivity index (χ2n) is 9.80. The van der Waals surface area contributed by atoms with E-state index in [1.165, 1.54) is 11.8 Å². The van der Waals surface area contributed by atoms with Crippen LogP contribution in [-0.2, 0) is 14.5 Å². The van der Waals surface area contributed by atoms with Crippen molar-refractivity contribution in [3.05, 3.63) is 143 Å². The minimum absolute atomic E-state index is 0.233. The van der Waals surface area contributed by atoms with Gasteiger partial charge in [0.15, 0.2) is 0 Å². The maximum Gasteiger partial charge on any atom is 0.365 e. The van der Waals surface area contributed by atoms with Crippen molar-refractivity contribution in [2.45, 2.75) is 11.9 Å². The lowest BCUT2D eigenvalue weighted by molar-refractivity contribution is -0.134. The minimum atomic E-state index is -1.10. The van der Waals surface area contributed by atoms with E-state index in [1.54, 1.807) is 6.92 Å². The molecule has 0 saturated heterocycles. The third-order valence-electron chi connectivity index (χ3n) is 7.29. The van der Waals surface area contributed by atoms with Crippen LogP contribution >= 0.6 is 23.4 Å². The van der Waals surface area contributed by atoms with E-state index in [1.807, 2.05) is 88.9 Å². The zero-order valence-electron chi connectivity index (χ0n) is 22.6. The highest BCUT2D eigenvalue weighted by molar-refractivity contribution is 8.16. The molecule has 0 unspecified atom stereocenters. The van der Waals surface area contributed by atoms with Crippen molar-refractivity contribution in [2.75, 3.05) is 16.6 Å². The molecule has 0 bridgehead atoms. The molecule has 0 saturated carbocycles. The zero-order valence-corrected chi connectivity index (χ0v) is 24.2. The fraction of sp³-hybridized carbons (Fsp3) is 0.0882. The van der Waals surface area contributed by atoms with Crippen LogP contribution in [0.15, 0.2) is 132 Å². The van der Waals surface area contributed by atoms with Crippen LogP contribution in [0.25, 0.3) is 10.8 Å². The van der Waals surface area contributed by atoms with E-state index in [2.05, 4.69) is 42.5 Å². The summed E-state index contributed by atoms with van der Waals surface area (Å²) in [4.78, 5) is 12.1. The summed E-state index contributed by atoms with van der Waals surface area (Å²) in [5.74, 6) is -0.485. The molecule has 1 atom stereocenters. The van der Waals surface area contributed by atoms with Gasteiger partial charge < -0.3 is 4.74 Å². The second-order valence-corrected chi connectivity index (χ2v) is 11.4. The maximum absolute atomic E-state index is 13.2. The van der Waals surface area contributed by atoms with Crippen molar-refractivity contribution in [1.82, 2.24) is 0 Å². The Morgan fingerprint density at radius 3 is 2.29 bits per heavy atom. The Kier molecular flexibility index (Phi) is 6.69. The van der Waals surface area contributed by atoms with Crippen LogP contribution < -0.4 is 10.0 Å². The number of benzene rings is 5. The molecule has 0 aliphatic carbocycles. The van der Waals surface area contributed by atoms with E-state index in [0.29, 0.717) is 10.7 Å². The monoisotopic (exact) mass is 588 g/mol. The van der Waals surface area contributed by atoms with Gasteiger partial charge in [0.25, 0.3) is 0 Å². The highest BCUT2D eigenvalue weighted by Crippen LogP contribution is 2.55. The summed E-state index contributed by atoms with van der Waals surface area (Å²) in [6, 6.07) is 40.2. The molecular weight excluding hydrogens is 564 g/mol. The number of para-hydroxylation sites is 1. The van der Waals surface area contributed by atoms with Gasteiger partial charge in [-0.2, -0.15) is 10.2 Å². The normalized spacial score (nSPS) is 17.7. The van der Waals surface area contributed by atoms with E-state index in [4.69, 9.17) is 26.5 Å². The first kappa shape index (κ1) is 26.3. The molecular formula is C34H25ClN4O2S. The van der Waals surface area contributed by atoms with Crippen molar-refractivity contribution in [3.8, 4) is 0 Å². The Morgan fingerprint density at radius 1 is 0.786 bits per heavy atom. The minimum Gasteiger partial charge on any atom is -0.461 e. The van der Waals surface area contributed by atoms with Crippen LogP contribution in [0.1, 0.15) is 23.6 Å². The van der Waals surface area contributed by atoms with Gasteiger partial charge in [0.1, 0.15) is 0 Å². The van der Waals surface area contributed by atoms with Crippen molar-refractivity contribution < 1.29 is 9.53 Å². The summed E-state index contributed by atoms with van der Waals surface area (Å²) in [6.07, 6.45) is 0. The quantitative estimate of drug-likeness (QED) is 0.195. The van der Waals surface area contributed by atoms with Crippen molar-refractivity contribution in [2.24, 2.45) is 10.2 Å². The number of anilines is 2. The van der Waals surface area contributed by atoms with Crippen LogP contribution in [0.2, 0.25) is 5.02 Å². The number of hydrazone groups is 2. The highest BCUT2D eigenvalue weighted by Gasteiger charge is 2.56. The number of fused-ring (bicyclic) bond motifs is 3. The summed E-state index contributed by atoms with van der Waals surface area (Å²) in [5, 5.41) is 17.1. The number of ether oxygens (including phenoxy) is 1. The molecule has 8 heteroatoms. The number of thioether (sulfide) groups is 1. The molecule has 7 rings (SSSR count). The van der Waals surface area contributed by atoms with Crippen LogP contribution in [0.3, 0.4) is 0 Å². The van der Waals surface area contributed by atoms with Gasteiger partial charge in [-0.3, -0.25) is 0 Å². The maximum atomic E-state index is 13.2. The molecule has 2 aliphatic rings. The molecule has 5 aromatic rings. The van der Waals surface area contributed by atoms with Crippen molar-refractivity contribution >= 4 is 62.2 Å². The lowest BCUT2D eigenvalue weighted by Gasteiger charge is -2.47. The first-order valence-electron chi connectivity index (χ1n) is 13.6. The molecule has 5 aromatic carbocycles. The van der Waals surface area contributed by atoms with Crippen LogP contribution in [0.4, 0.5) is 11.4 Å². The van der Waals surface area contributed by atoms with Gasteiger partial charge in [-0.25, -0.2) is 14.8 Å². The Morgan fingerprint density at radius 2 is 1.45 bits per heavy atom. The molecule has 6 nitrogen and oxygen atoms in total. The van der Waals surface area contributed by atoms with E-state index >= 15 is 0 Å². The molecule has 206 valence electrons. The summed E-state index contributed by atoms with van der Waals surface area (Å²) in [7, 11) is 0. The molecule has 0 radical (unpaired) electrons. The predicted molar refractivity (Wildman–Crippen MR) is 172 cm³/mol. The molecule has 2 heterocycles. The molecule has 2 aliphatic heterocycles. The van der Waals surface area contributed by atoms with E-state index in [-0.39, 0.29) is 11.7 Å². The molecule has 0 fully saturated rings. The number of halogens is 1. The molecule has 42 heavy (non-hydrogen) atoms. The zero-order chi connectivity index (χ0) is 28.7. The Bertz CT molecular complexity index is 1890. The van der Waals surface area contributed by atoms with Gasteiger partial charge in [0, 0.05) is 21.7 Å². The van der Waals surface area contributed by atoms with E-state index < -0.39 is 11.0 Å². The first-order valence-corrected chi connectivity index (χ1v) is 14.8. The van der Waals surface area contributed by atoms with Gasteiger partial charge in [-0.1, -0.05) is 103 Å². The number of carbonyl (C=O) groups excluding carboxylic acids is 1. The molecule has 0 N–H and O–H groups in total. The van der Waals surface area contributed by atoms with Gasteiger partial charge in [-0.05, 0) is 59.8 Å². The topological polar surface area (TPSA) is 57.5 Å². The van der Waals surface area contributed by atoms with E-state index in [9.17, 15) is 4.79 Å². The summed E-state index contributed by atoms with van der Waals surface area (Å²) < 4.78 is 5.44.